The summed E-state index contributed by atoms with van der Waals surface area (Å²) < 4.78 is 2.47. The molecule has 0 fully saturated rings. The highest BCUT2D eigenvalue weighted by molar-refractivity contribution is 6.08. The van der Waals surface area contributed by atoms with Crippen LogP contribution in [0, 0.1) is 5.92 Å². The number of aliphatic hydroxyl groups excluding tert-OH is 2. The third-order valence-corrected chi connectivity index (χ3v) is 6.44. The average molecular weight is 426 g/mol. The number of unbranched alkanes of at least 4 members (excludes halogenated alkanes) is 1. The second-order valence-electron chi connectivity index (χ2n) is 9.02. The topological polar surface area (TPSA) is 97.4 Å². The lowest BCUT2D eigenvalue weighted by Crippen LogP contribution is -2.26. The molecule has 0 bridgehead atoms. The van der Waals surface area contributed by atoms with Crippen LogP contribution in [0.15, 0.2) is 36.4 Å². The van der Waals surface area contributed by atoms with E-state index >= 15 is 0 Å². The molecule has 6 N–H and O–H groups in total. The van der Waals surface area contributed by atoms with Gasteiger partial charge in [-0.1, -0.05) is 45.2 Å². The quantitative estimate of drug-likeness (QED) is 0.355. The molecule has 0 aliphatic carbocycles. The third kappa shape index (κ3) is 5.66. The molecule has 0 aliphatic heterocycles. The molecule has 3 rings (SSSR count). The van der Waals surface area contributed by atoms with Gasteiger partial charge in [0.1, 0.15) is 0 Å². The maximum Gasteiger partial charge on any atom is 0.0585 e. The molecule has 1 aromatic heterocycles. The van der Waals surface area contributed by atoms with Crippen LogP contribution in [0.5, 0.6) is 0 Å². The lowest BCUT2D eigenvalue weighted by molar-refractivity contribution is 0.265. The van der Waals surface area contributed by atoms with Crippen LogP contribution in [-0.2, 0) is 19.4 Å². The van der Waals surface area contributed by atoms with Crippen molar-refractivity contribution in [3.8, 4) is 0 Å². The summed E-state index contributed by atoms with van der Waals surface area (Å²) in [5, 5.41) is 21.2. The highest BCUT2D eigenvalue weighted by Gasteiger charge is 2.16. The highest BCUT2D eigenvalue weighted by atomic mass is 16.3. The Bertz CT molecular complexity index is 912. The van der Waals surface area contributed by atoms with Gasteiger partial charge in [0.05, 0.1) is 13.2 Å². The van der Waals surface area contributed by atoms with E-state index in [0.717, 1.165) is 17.7 Å². The van der Waals surface area contributed by atoms with Crippen LogP contribution in [0.4, 0.5) is 0 Å². The molecule has 2 aromatic carbocycles. The SMILES string of the molecule is CCCCC(CC)Cn1c2ccc(CC(N)CO)cc2c2cc(CC(N)CO)ccc21. The van der Waals surface area contributed by atoms with Gasteiger partial charge in [-0.3, -0.25) is 0 Å². The summed E-state index contributed by atoms with van der Waals surface area (Å²) in [6.45, 7) is 5.53. The van der Waals surface area contributed by atoms with Crippen LogP contribution in [0.3, 0.4) is 0 Å². The summed E-state index contributed by atoms with van der Waals surface area (Å²) in [6, 6.07) is 12.7. The molecule has 0 amide bonds. The van der Waals surface area contributed by atoms with Crippen molar-refractivity contribution in [2.45, 2.75) is 71.0 Å². The summed E-state index contributed by atoms with van der Waals surface area (Å²) in [5.74, 6) is 0.656. The highest BCUT2D eigenvalue weighted by Crippen LogP contribution is 2.33. The van der Waals surface area contributed by atoms with Crippen LogP contribution in [0.25, 0.3) is 21.8 Å². The number of aliphatic hydroxyl groups is 2. The van der Waals surface area contributed by atoms with Gasteiger partial charge in [-0.25, -0.2) is 0 Å². The van der Waals surface area contributed by atoms with E-state index in [1.165, 1.54) is 47.5 Å². The number of benzene rings is 2. The van der Waals surface area contributed by atoms with Gasteiger partial charge in [0, 0.05) is 40.4 Å². The molecule has 3 aromatic rings. The van der Waals surface area contributed by atoms with Crippen LogP contribution in [0.1, 0.15) is 50.7 Å². The zero-order valence-corrected chi connectivity index (χ0v) is 19.1. The molecule has 5 heteroatoms. The molecule has 5 nitrogen and oxygen atoms in total. The minimum atomic E-state index is -0.248. The Morgan fingerprint density at radius 3 is 1.77 bits per heavy atom. The molecule has 0 radical (unpaired) electrons. The van der Waals surface area contributed by atoms with Crippen molar-refractivity contribution in [3.63, 3.8) is 0 Å². The maximum atomic E-state index is 9.36. The number of rotatable bonds is 12. The predicted octanol–water partition coefficient (Wildman–Crippen LogP) is 3.74. The molecule has 31 heavy (non-hydrogen) atoms. The summed E-state index contributed by atoms with van der Waals surface area (Å²) in [7, 11) is 0. The first-order chi connectivity index (χ1) is 15.0. The van der Waals surface area contributed by atoms with Crippen molar-refractivity contribution in [3.05, 3.63) is 47.5 Å². The van der Waals surface area contributed by atoms with Crippen molar-refractivity contribution >= 4 is 21.8 Å². The predicted molar refractivity (Wildman–Crippen MR) is 130 cm³/mol. The normalized spacial score (nSPS) is 14.9. The first-order valence-corrected chi connectivity index (χ1v) is 11.8. The third-order valence-electron chi connectivity index (χ3n) is 6.44. The number of fused-ring (bicyclic) bond motifs is 3. The first-order valence-electron chi connectivity index (χ1n) is 11.8. The Morgan fingerprint density at radius 1 is 0.839 bits per heavy atom. The number of nitrogens with zero attached hydrogens (tertiary/aromatic N) is 1. The second kappa shape index (κ2) is 11.1. The van der Waals surface area contributed by atoms with Crippen molar-refractivity contribution in [1.29, 1.82) is 0 Å². The minimum absolute atomic E-state index is 0.0153. The van der Waals surface area contributed by atoms with Crippen molar-refractivity contribution in [2.24, 2.45) is 17.4 Å². The zero-order chi connectivity index (χ0) is 22.4. The molecule has 1 heterocycles. The van der Waals surface area contributed by atoms with Crippen molar-refractivity contribution in [1.82, 2.24) is 4.57 Å². The Kier molecular flexibility index (Phi) is 8.50. The molecular weight excluding hydrogens is 386 g/mol. The van der Waals surface area contributed by atoms with Gasteiger partial charge in [-0.15, -0.1) is 0 Å². The van der Waals surface area contributed by atoms with Crippen LogP contribution >= 0.6 is 0 Å². The monoisotopic (exact) mass is 425 g/mol. The van der Waals surface area contributed by atoms with E-state index in [1.54, 1.807) is 0 Å². The number of hydrogen-bond acceptors (Lipinski definition) is 4. The fourth-order valence-electron chi connectivity index (χ4n) is 4.56. The van der Waals surface area contributed by atoms with E-state index in [2.05, 4.69) is 54.8 Å². The van der Waals surface area contributed by atoms with Gasteiger partial charge >= 0.3 is 0 Å². The van der Waals surface area contributed by atoms with Gasteiger partial charge in [0.2, 0.25) is 0 Å². The van der Waals surface area contributed by atoms with E-state index in [4.69, 9.17) is 11.5 Å². The molecule has 3 unspecified atom stereocenters. The molecule has 170 valence electrons. The lowest BCUT2D eigenvalue weighted by Gasteiger charge is -2.17. The van der Waals surface area contributed by atoms with E-state index in [-0.39, 0.29) is 25.3 Å². The van der Waals surface area contributed by atoms with Gasteiger partial charge < -0.3 is 26.2 Å². The summed E-state index contributed by atoms with van der Waals surface area (Å²) in [5.41, 5.74) is 16.8. The van der Waals surface area contributed by atoms with Gasteiger partial charge in [-0.2, -0.15) is 0 Å². The van der Waals surface area contributed by atoms with Crippen LogP contribution in [-0.4, -0.2) is 40.1 Å². The fraction of sp³-hybridized carbons (Fsp3) is 0.538. The number of aromatic nitrogens is 1. The molecular formula is C26H39N3O2. The van der Waals surface area contributed by atoms with Crippen molar-refractivity contribution < 1.29 is 10.2 Å². The van der Waals surface area contributed by atoms with Gasteiger partial charge in [0.25, 0.3) is 0 Å². The van der Waals surface area contributed by atoms with Gasteiger partial charge in [0.15, 0.2) is 0 Å². The number of hydrogen-bond donors (Lipinski definition) is 4. The molecule has 0 spiro atoms. The second-order valence-corrected chi connectivity index (χ2v) is 9.02. The van der Waals surface area contributed by atoms with E-state index in [9.17, 15) is 10.2 Å². The minimum Gasteiger partial charge on any atom is -0.395 e. The van der Waals surface area contributed by atoms with Gasteiger partial charge in [-0.05, 0) is 60.6 Å². The maximum absolute atomic E-state index is 9.36. The van der Waals surface area contributed by atoms with Crippen LogP contribution < -0.4 is 11.5 Å². The Hall–Kier alpha value is -1.92. The molecule has 0 saturated heterocycles. The fourth-order valence-corrected chi connectivity index (χ4v) is 4.56. The lowest BCUT2D eigenvalue weighted by atomic mass is 9.99. The molecule has 0 saturated carbocycles. The first kappa shape index (κ1) is 23.7. The smallest absolute Gasteiger partial charge is 0.0585 e. The summed E-state index contributed by atoms with van der Waals surface area (Å²) in [6.07, 6.45) is 6.23. The largest absolute Gasteiger partial charge is 0.395 e. The Labute approximate surface area is 186 Å². The Morgan fingerprint density at radius 2 is 1.35 bits per heavy atom. The Balaban J connectivity index is 2.09. The summed E-state index contributed by atoms with van der Waals surface area (Å²) >= 11 is 0. The summed E-state index contributed by atoms with van der Waals surface area (Å²) in [4.78, 5) is 0. The average Bonchev–Trinajstić information content (AvgIpc) is 3.08. The standard InChI is InChI=1S/C26H39N3O2/c1-3-5-6-18(4-2)15-29-25-9-7-19(11-21(27)16-30)13-23(25)24-14-20(8-10-26(24)29)12-22(28)17-31/h7-10,13-14,18,21-22,30-31H,3-6,11-12,15-17,27-28H2,1-2H3. The number of nitrogens with two attached hydrogens (primary N) is 2. The van der Waals surface area contributed by atoms with E-state index in [1.807, 2.05) is 0 Å². The zero-order valence-electron chi connectivity index (χ0n) is 19.1. The van der Waals surface area contributed by atoms with Crippen LogP contribution in [0.2, 0.25) is 0 Å². The molecule has 0 aliphatic rings. The molecule has 3 atom stereocenters. The van der Waals surface area contributed by atoms with E-state index in [0.29, 0.717) is 18.8 Å². The van der Waals surface area contributed by atoms with E-state index < -0.39 is 0 Å². The van der Waals surface area contributed by atoms with Crippen molar-refractivity contribution in [2.75, 3.05) is 13.2 Å².